The number of methoxy groups -OCH3 is 1. The van der Waals surface area contributed by atoms with E-state index in [0.29, 0.717) is 0 Å². The summed E-state index contributed by atoms with van der Waals surface area (Å²) in [5.41, 5.74) is 7.24. The predicted molar refractivity (Wildman–Crippen MR) is 113 cm³/mol. The van der Waals surface area contributed by atoms with Gasteiger partial charge in [0, 0.05) is 50.9 Å². The Morgan fingerprint density at radius 1 is 1.07 bits per heavy atom. The molecular weight excluding hydrogens is 336 g/mol. The Bertz CT molecular complexity index is 916. The van der Waals surface area contributed by atoms with E-state index >= 15 is 0 Å². The van der Waals surface area contributed by atoms with Gasteiger partial charge < -0.3 is 14.5 Å². The molecule has 0 saturated carbocycles. The molecule has 0 fully saturated rings. The van der Waals surface area contributed by atoms with Crippen molar-refractivity contribution in [2.75, 3.05) is 51.3 Å². The zero-order valence-corrected chi connectivity index (χ0v) is 16.4. The van der Waals surface area contributed by atoms with Crippen LogP contribution in [-0.4, -0.2) is 52.0 Å². The smallest absolute Gasteiger partial charge is 0.144 e. The van der Waals surface area contributed by atoms with Crippen LogP contribution in [0.4, 0.5) is 11.4 Å². The van der Waals surface area contributed by atoms with Gasteiger partial charge >= 0.3 is 0 Å². The molecule has 27 heavy (non-hydrogen) atoms. The lowest BCUT2D eigenvalue weighted by Gasteiger charge is -2.30. The third-order valence-corrected chi connectivity index (χ3v) is 5.25. The van der Waals surface area contributed by atoms with Crippen molar-refractivity contribution in [2.45, 2.75) is 6.42 Å². The van der Waals surface area contributed by atoms with Gasteiger partial charge in [0.25, 0.3) is 0 Å². The maximum atomic E-state index is 5.54. The zero-order valence-electron chi connectivity index (χ0n) is 16.4. The monoisotopic (exact) mass is 362 g/mol. The Hall–Kier alpha value is -2.95. The first-order chi connectivity index (χ1) is 13.1. The van der Waals surface area contributed by atoms with Crippen LogP contribution in [0.3, 0.4) is 0 Å². The van der Waals surface area contributed by atoms with E-state index in [1.807, 2.05) is 18.2 Å². The van der Waals surface area contributed by atoms with Gasteiger partial charge in [-0.1, -0.05) is 24.3 Å². The van der Waals surface area contributed by atoms with Gasteiger partial charge in [0.2, 0.25) is 0 Å². The van der Waals surface area contributed by atoms with Gasteiger partial charge in [0.15, 0.2) is 0 Å². The molecule has 0 spiro atoms. The van der Waals surface area contributed by atoms with E-state index in [1.54, 1.807) is 7.11 Å². The first-order valence-corrected chi connectivity index (χ1v) is 9.29. The number of fused-ring (bicyclic) bond motifs is 1. The molecule has 0 unspecified atom stereocenters. The van der Waals surface area contributed by atoms with Crippen LogP contribution in [0.15, 0.2) is 59.2 Å². The number of anilines is 2. The molecule has 0 aromatic heterocycles. The summed E-state index contributed by atoms with van der Waals surface area (Å²) in [5, 5.41) is 7.00. The van der Waals surface area contributed by atoms with Crippen LogP contribution in [0.1, 0.15) is 12.0 Å². The molecule has 2 aliphatic rings. The molecule has 5 nitrogen and oxygen atoms in total. The highest BCUT2D eigenvalue weighted by Crippen LogP contribution is 2.37. The number of para-hydroxylation sites is 2. The highest BCUT2D eigenvalue weighted by molar-refractivity contribution is 6.10. The summed E-state index contributed by atoms with van der Waals surface area (Å²) >= 11 is 0. The van der Waals surface area contributed by atoms with E-state index in [1.165, 1.54) is 28.2 Å². The molecule has 0 saturated heterocycles. The summed E-state index contributed by atoms with van der Waals surface area (Å²) < 4.78 is 5.54. The Labute approximate surface area is 161 Å². The Morgan fingerprint density at radius 2 is 1.89 bits per heavy atom. The van der Waals surface area contributed by atoms with Gasteiger partial charge in [-0.25, -0.2) is 0 Å². The molecule has 5 heteroatoms. The Morgan fingerprint density at radius 3 is 2.67 bits per heavy atom. The predicted octanol–water partition coefficient (Wildman–Crippen LogP) is 3.68. The maximum absolute atomic E-state index is 5.54. The lowest BCUT2D eigenvalue weighted by atomic mass is 9.96. The number of benzene rings is 2. The van der Waals surface area contributed by atoms with Crippen LogP contribution < -0.4 is 14.6 Å². The van der Waals surface area contributed by atoms with Crippen LogP contribution in [0, 0.1) is 0 Å². The van der Waals surface area contributed by atoms with Crippen molar-refractivity contribution in [1.29, 1.82) is 0 Å². The number of rotatable bonds is 4. The van der Waals surface area contributed by atoms with Crippen molar-refractivity contribution < 1.29 is 4.74 Å². The molecule has 0 bridgehead atoms. The van der Waals surface area contributed by atoms with Crippen molar-refractivity contribution in [3.8, 4) is 5.75 Å². The van der Waals surface area contributed by atoms with Crippen molar-refractivity contribution in [1.82, 2.24) is 4.90 Å². The quantitative estimate of drug-likeness (QED) is 0.830. The number of hydrazone groups is 1. The largest absolute Gasteiger partial charge is 0.495 e. The molecule has 2 aromatic carbocycles. The number of hydrogen-bond acceptors (Lipinski definition) is 5. The van der Waals surface area contributed by atoms with E-state index in [0.717, 1.165) is 30.9 Å². The minimum absolute atomic E-state index is 0.765. The summed E-state index contributed by atoms with van der Waals surface area (Å²) in [7, 11) is 8.04. The van der Waals surface area contributed by atoms with Gasteiger partial charge in [-0.2, -0.15) is 5.10 Å². The van der Waals surface area contributed by atoms with E-state index in [-0.39, 0.29) is 0 Å². The minimum Gasteiger partial charge on any atom is -0.495 e. The minimum atomic E-state index is 0.765. The summed E-state index contributed by atoms with van der Waals surface area (Å²) in [6, 6.07) is 16.8. The van der Waals surface area contributed by atoms with Crippen LogP contribution >= 0.6 is 0 Å². The Balaban J connectivity index is 1.77. The molecule has 0 atom stereocenters. The molecule has 0 amide bonds. The standard InChI is InChI=1S/C22H26N4O/c1-24(2)17-9-7-8-16(14-17)22-18-15-26(23-19(18)12-13-25(22)3)20-10-5-6-11-21(20)27-4/h5-11,14H,12-13,15H2,1-4H3. The lowest BCUT2D eigenvalue weighted by Crippen LogP contribution is -2.29. The molecule has 0 aliphatic carbocycles. The second-order valence-electron chi connectivity index (χ2n) is 7.22. The average Bonchev–Trinajstić information content (AvgIpc) is 3.11. The van der Waals surface area contributed by atoms with Gasteiger partial charge in [-0.05, 0) is 24.3 Å². The fraction of sp³-hybridized carbons (Fsp3) is 0.318. The third-order valence-electron chi connectivity index (χ3n) is 5.25. The van der Waals surface area contributed by atoms with E-state index < -0.39 is 0 Å². The second-order valence-corrected chi connectivity index (χ2v) is 7.22. The number of hydrogen-bond donors (Lipinski definition) is 0. The van der Waals surface area contributed by atoms with E-state index in [2.05, 4.69) is 66.3 Å². The molecule has 0 N–H and O–H groups in total. The van der Waals surface area contributed by atoms with Crippen LogP contribution in [0.2, 0.25) is 0 Å². The highest BCUT2D eigenvalue weighted by Gasteiger charge is 2.31. The molecule has 4 rings (SSSR count). The van der Waals surface area contributed by atoms with Crippen molar-refractivity contribution in [3.63, 3.8) is 0 Å². The zero-order chi connectivity index (χ0) is 19.0. The van der Waals surface area contributed by atoms with Gasteiger partial charge in [-0.3, -0.25) is 5.01 Å². The van der Waals surface area contributed by atoms with E-state index in [9.17, 15) is 0 Å². The fourth-order valence-corrected chi connectivity index (χ4v) is 3.82. The number of ether oxygens (including phenoxy) is 1. The average molecular weight is 362 g/mol. The molecule has 2 aromatic rings. The fourth-order valence-electron chi connectivity index (χ4n) is 3.82. The first kappa shape index (κ1) is 17.5. The second kappa shape index (κ2) is 6.99. The SMILES string of the molecule is COc1ccccc1N1CC2=C(c3cccc(N(C)C)c3)N(C)CCC2=N1. The van der Waals surface area contributed by atoms with Gasteiger partial charge in [-0.15, -0.1) is 0 Å². The molecule has 2 heterocycles. The normalized spacial score (nSPS) is 16.4. The summed E-state index contributed by atoms with van der Waals surface area (Å²) in [6.07, 6.45) is 0.967. The van der Waals surface area contributed by atoms with Crippen LogP contribution in [0.25, 0.3) is 5.70 Å². The van der Waals surface area contributed by atoms with Crippen LogP contribution in [0.5, 0.6) is 5.75 Å². The number of nitrogens with zero attached hydrogens (tertiary/aromatic N) is 4. The van der Waals surface area contributed by atoms with E-state index in [4.69, 9.17) is 9.84 Å². The van der Waals surface area contributed by atoms with Crippen LogP contribution in [-0.2, 0) is 0 Å². The first-order valence-electron chi connectivity index (χ1n) is 9.29. The molecule has 2 aliphatic heterocycles. The summed E-state index contributed by atoms with van der Waals surface area (Å²) in [5.74, 6) is 0.852. The molecule has 0 radical (unpaired) electrons. The molecule has 140 valence electrons. The van der Waals surface area contributed by atoms with Crippen molar-refractivity contribution in [3.05, 3.63) is 59.7 Å². The van der Waals surface area contributed by atoms with Gasteiger partial charge in [0.05, 0.1) is 25.1 Å². The Kier molecular flexibility index (Phi) is 4.52. The van der Waals surface area contributed by atoms with Gasteiger partial charge in [0.1, 0.15) is 11.4 Å². The summed E-state index contributed by atoms with van der Waals surface area (Å²) in [6.45, 7) is 1.74. The topological polar surface area (TPSA) is 31.3 Å². The highest BCUT2D eigenvalue weighted by atomic mass is 16.5. The third kappa shape index (κ3) is 3.14. The molecular formula is C22H26N4O. The maximum Gasteiger partial charge on any atom is 0.144 e. The van der Waals surface area contributed by atoms with Crippen molar-refractivity contribution >= 4 is 22.8 Å². The lowest BCUT2D eigenvalue weighted by molar-refractivity contribution is 0.415. The van der Waals surface area contributed by atoms with Crippen molar-refractivity contribution in [2.24, 2.45) is 5.10 Å². The summed E-state index contributed by atoms with van der Waals surface area (Å²) in [4.78, 5) is 4.50.